The van der Waals surface area contributed by atoms with E-state index >= 15 is 0 Å². The highest BCUT2D eigenvalue weighted by molar-refractivity contribution is 5.51. The van der Waals surface area contributed by atoms with Crippen molar-refractivity contribution in [2.45, 2.75) is 110 Å². The molecule has 0 radical (unpaired) electrons. The summed E-state index contributed by atoms with van der Waals surface area (Å²) in [7, 11) is 0. The van der Waals surface area contributed by atoms with Crippen LogP contribution >= 0.6 is 0 Å². The molecule has 2 saturated carbocycles. The lowest BCUT2D eigenvalue weighted by Gasteiger charge is -2.57. The van der Waals surface area contributed by atoms with Crippen molar-refractivity contribution in [3.8, 4) is 0 Å². The van der Waals surface area contributed by atoms with Crippen molar-refractivity contribution in [3.63, 3.8) is 0 Å². The third kappa shape index (κ3) is 4.12. The van der Waals surface area contributed by atoms with Crippen LogP contribution in [0.15, 0.2) is 0 Å². The van der Waals surface area contributed by atoms with Gasteiger partial charge >= 0.3 is 0 Å². The first-order chi connectivity index (χ1) is 15.7. The molecule has 0 spiro atoms. The van der Waals surface area contributed by atoms with E-state index in [0.29, 0.717) is 5.92 Å². The molecule has 2 fully saturated rings. The molecule has 1 aromatic rings. The fourth-order valence-electron chi connectivity index (χ4n) is 9.21. The first-order valence-corrected chi connectivity index (χ1v) is 14.7. The van der Waals surface area contributed by atoms with Gasteiger partial charge in [0.05, 0.1) is 0 Å². The maximum atomic E-state index is 2.62. The van der Waals surface area contributed by atoms with E-state index < -0.39 is 0 Å². The van der Waals surface area contributed by atoms with Gasteiger partial charge in [0.15, 0.2) is 0 Å². The maximum absolute atomic E-state index is 2.62. The van der Waals surface area contributed by atoms with E-state index in [1.54, 1.807) is 27.8 Å². The lowest BCUT2D eigenvalue weighted by molar-refractivity contribution is -0.0560. The molecule has 0 saturated heterocycles. The Morgan fingerprint density at radius 1 is 0.324 bits per heavy atom. The molecule has 0 bridgehead atoms. The van der Waals surface area contributed by atoms with E-state index in [1.807, 2.05) is 0 Å². The summed E-state index contributed by atoms with van der Waals surface area (Å²) >= 11 is 0. The molecule has 2 aliphatic carbocycles. The minimum absolute atomic E-state index is 0.655. The van der Waals surface area contributed by atoms with Gasteiger partial charge in [-0.2, -0.15) is 0 Å². The number of hydrogen-bond donors (Lipinski definition) is 0. The van der Waals surface area contributed by atoms with E-state index in [2.05, 4.69) is 104 Å². The van der Waals surface area contributed by atoms with Gasteiger partial charge in [-0.1, -0.05) is 69.2 Å². The normalized spacial score (nSPS) is 44.2. The Kier molecular flexibility index (Phi) is 8.12. The number of rotatable bonds is 3. The summed E-state index contributed by atoms with van der Waals surface area (Å²) < 4.78 is 0. The molecule has 8 atom stereocenters. The summed E-state index contributed by atoms with van der Waals surface area (Å²) in [6, 6.07) is 0. The van der Waals surface area contributed by atoms with Crippen molar-refractivity contribution in [2.75, 3.05) is 0 Å². The largest absolute Gasteiger partial charge is 0.0620 e. The van der Waals surface area contributed by atoms with Gasteiger partial charge in [0.1, 0.15) is 0 Å². The van der Waals surface area contributed by atoms with Crippen molar-refractivity contribution in [1.29, 1.82) is 0 Å². The molecular weight excluding hydrogens is 408 g/mol. The minimum Gasteiger partial charge on any atom is -0.0620 e. The lowest BCUT2D eigenvalue weighted by Crippen LogP contribution is -2.50. The third-order valence-electron chi connectivity index (χ3n) is 13.3. The van der Waals surface area contributed by atoms with Gasteiger partial charge in [0.25, 0.3) is 0 Å². The first-order valence-electron chi connectivity index (χ1n) is 14.7. The van der Waals surface area contributed by atoms with Gasteiger partial charge < -0.3 is 0 Å². The Hall–Kier alpha value is -0.780. The van der Waals surface area contributed by atoms with Crippen LogP contribution < -0.4 is 0 Å². The first kappa shape index (κ1) is 27.8. The molecule has 2 aliphatic rings. The van der Waals surface area contributed by atoms with Gasteiger partial charge in [-0.05, 0) is 145 Å². The molecule has 194 valence electrons. The highest BCUT2D eigenvalue weighted by atomic mass is 14.6. The van der Waals surface area contributed by atoms with Crippen molar-refractivity contribution in [1.82, 2.24) is 0 Å². The molecule has 0 amide bonds. The second-order valence-electron chi connectivity index (χ2n) is 13.8. The Morgan fingerprint density at radius 2 is 0.529 bits per heavy atom. The molecule has 0 nitrogen and oxygen atoms in total. The van der Waals surface area contributed by atoms with Gasteiger partial charge in [0, 0.05) is 0 Å². The summed E-state index contributed by atoms with van der Waals surface area (Å²) in [5.41, 5.74) is 9.54. The lowest BCUT2D eigenvalue weighted by atomic mass is 9.48. The van der Waals surface area contributed by atoms with Crippen LogP contribution in [-0.4, -0.2) is 0 Å². The molecule has 0 heteroatoms. The van der Waals surface area contributed by atoms with Crippen molar-refractivity contribution in [3.05, 3.63) is 33.4 Å². The summed E-state index contributed by atoms with van der Waals surface area (Å²) in [6.07, 6.45) is 0. The van der Waals surface area contributed by atoms with Crippen LogP contribution in [-0.2, 0) is 0 Å². The maximum Gasteiger partial charge on any atom is -0.00892 e. The zero-order valence-electron chi connectivity index (χ0n) is 25.5. The molecule has 34 heavy (non-hydrogen) atoms. The van der Waals surface area contributed by atoms with Crippen LogP contribution in [0.2, 0.25) is 0 Å². The van der Waals surface area contributed by atoms with E-state index in [1.165, 1.54) is 5.56 Å². The molecule has 8 unspecified atom stereocenters. The highest BCUT2D eigenvalue weighted by Gasteiger charge is 2.52. The SMILES string of the molecule is Cc1c(C)c(C)c(C(C2C(C)C(C)C(C)C(C)C2C)C2C(C)C(C)C(C)C(C)C2C)c(C)c1C. The van der Waals surface area contributed by atoms with Gasteiger partial charge in [-0.25, -0.2) is 0 Å². The number of hydrogen-bond acceptors (Lipinski definition) is 0. The van der Waals surface area contributed by atoms with Gasteiger partial charge in [-0.15, -0.1) is 0 Å². The standard InChI is InChI=1S/C34H58/c1-16-19(4)25(10)31(26(11)20(16)5)34(32-27(12)21(6)17(2)22(7)28(32)13)33-29(14)23(8)18(3)24(9)30(33)15/h16-17,19-22,25-28,31-32,34H,1-15H3. The third-order valence-corrected chi connectivity index (χ3v) is 13.3. The quantitative estimate of drug-likeness (QED) is 0.415. The van der Waals surface area contributed by atoms with E-state index in [0.717, 1.165) is 71.0 Å². The predicted molar refractivity (Wildman–Crippen MR) is 151 cm³/mol. The summed E-state index contributed by atoms with van der Waals surface area (Å²) in [5, 5.41) is 0. The van der Waals surface area contributed by atoms with Crippen LogP contribution in [0.3, 0.4) is 0 Å². The molecule has 0 aromatic heterocycles. The van der Waals surface area contributed by atoms with Crippen LogP contribution in [0.25, 0.3) is 0 Å². The predicted octanol–water partition coefficient (Wildman–Crippen LogP) is 9.93. The fraction of sp³-hybridized carbons (Fsp3) is 0.824. The Bertz CT molecular complexity index is 778. The van der Waals surface area contributed by atoms with Gasteiger partial charge in [0.2, 0.25) is 0 Å². The zero-order valence-corrected chi connectivity index (χ0v) is 25.5. The average molecular weight is 467 g/mol. The van der Waals surface area contributed by atoms with E-state index in [-0.39, 0.29) is 0 Å². The second-order valence-corrected chi connectivity index (χ2v) is 13.8. The molecule has 3 rings (SSSR count). The van der Waals surface area contributed by atoms with Crippen molar-refractivity contribution in [2.24, 2.45) is 71.0 Å². The zero-order chi connectivity index (χ0) is 26.0. The minimum atomic E-state index is 0.655. The summed E-state index contributed by atoms with van der Waals surface area (Å²) in [4.78, 5) is 0. The highest BCUT2D eigenvalue weighted by Crippen LogP contribution is 2.59. The second kappa shape index (κ2) is 9.94. The van der Waals surface area contributed by atoms with Crippen molar-refractivity contribution >= 4 is 0 Å². The number of benzene rings is 1. The monoisotopic (exact) mass is 466 g/mol. The van der Waals surface area contributed by atoms with Crippen LogP contribution in [0.1, 0.15) is 109 Å². The van der Waals surface area contributed by atoms with Crippen LogP contribution in [0, 0.1) is 106 Å². The Morgan fingerprint density at radius 3 is 0.794 bits per heavy atom. The Labute approximate surface area is 214 Å². The van der Waals surface area contributed by atoms with Crippen LogP contribution in [0.5, 0.6) is 0 Å². The summed E-state index contributed by atoms with van der Waals surface area (Å²) in [6.45, 7) is 37.8. The smallest absolute Gasteiger partial charge is 0.00892 e. The molecule has 0 heterocycles. The molecule has 0 aliphatic heterocycles. The van der Waals surface area contributed by atoms with Crippen molar-refractivity contribution < 1.29 is 0 Å². The molecular formula is C34H58. The fourth-order valence-corrected chi connectivity index (χ4v) is 9.21. The topological polar surface area (TPSA) is 0 Å². The van der Waals surface area contributed by atoms with E-state index in [9.17, 15) is 0 Å². The molecule has 0 N–H and O–H groups in total. The van der Waals surface area contributed by atoms with Gasteiger partial charge in [-0.3, -0.25) is 0 Å². The molecule has 1 aromatic carbocycles. The average Bonchev–Trinajstić information content (AvgIpc) is 2.81. The summed E-state index contributed by atoms with van der Waals surface area (Å²) in [5.74, 6) is 9.97. The van der Waals surface area contributed by atoms with Crippen LogP contribution in [0.4, 0.5) is 0 Å². The Balaban J connectivity index is 2.33. The van der Waals surface area contributed by atoms with E-state index in [4.69, 9.17) is 0 Å².